The lowest BCUT2D eigenvalue weighted by atomic mass is 10.2. The van der Waals surface area contributed by atoms with Crippen molar-refractivity contribution in [3.63, 3.8) is 0 Å². The second kappa shape index (κ2) is 11.9. The maximum atomic E-state index is 14.0. The molecule has 0 saturated carbocycles. The average molecular weight is 633 g/mol. The molecule has 4 rings (SSSR count). The molecule has 0 atom stereocenters. The molecule has 4 aromatic carbocycles. The molecular weight excluding hydrogens is 597 g/mol. The van der Waals surface area contributed by atoms with Gasteiger partial charge < -0.3 is 9.47 Å². The van der Waals surface area contributed by atoms with Crippen molar-refractivity contribution in [1.82, 2.24) is 0 Å². The van der Waals surface area contributed by atoms with Crippen molar-refractivity contribution in [2.75, 3.05) is 0 Å². The number of hydrogen-bond donors (Lipinski definition) is 0. The quantitative estimate of drug-likeness (QED) is 0.194. The lowest BCUT2D eigenvalue weighted by molar-refractivity contribution is -0.137. The van der Waals surface area contributed by atoms with Gasteiger partial charge in [-0.05, 0) is 113 Å². The number of rotatable bonds is 8. The van der Waals surface area contributed by atoms with Gasteiger partial charge in [0.05, 0.1) is 10.5 Å². The standard InChI is InChI=1S/C33H35F3O5S2/c1-31(2,3)39-25-21-26(40-32(4,5)6)23-30(22-25)42(27-13-9-7-10-14-27,28-15-11-8-12-16-28)41-43(37,38)29-19-17-24(18-20-29)33(34,35)36/h7-23H,1-6H3. The maximum absolute atomic E-state index is 14.0. The van der Waals surface area contributed by atoms with E-state index in [0.717, 1.165) is 24.3 Å². The summed E-state index contributed by atoms with van der Waals surface area (Å²) >= 11 is 0. The molecule has 0 aromatic heterocycles. The SMILES string of the molecule is CC(C)(C)Oc1cc(OC(C)(C)C)cc(S(OS(=O)(=O)c2ccc(C(F)(F)F)cc2)(c2ccccc2)c2ccccc2)c1. The minimum atomic E-state index is -4.63. The summed E-state index contributed by atoms with van der Waals surface area (Å²) in [6.07, 6.45) is -4.62. The third-order valence-electron chi connectivity index (χ3n) is 5.85. The molecule has 10 heteroatoms. The van der Waals surface area contributed by atoms with E-state index in [9.17, 15) is 21.6 Å². The van der Waals surface area contributed by atoms with Crippen molar-refractivity contribution in [2.45, 2.75) is 78.5 Å². The molecule has 0 radical (unpaired) electrons. The van der Waals surface area contributed by atoms with Crippen molar-refractivity contribution in [1.29, 1.82) is 0 Å². The highest BCUT2D eigenvalue weighted by Crippen LogP contribution is 2.71. The molecule has 43 heavy (non-hydrogen) atoms. The molecular formula is C33H35F3O5S2. The molecule has 4 aromatic rings. The van der Waals surface area contributed by atoms with Crippen LogP contribution in [0.4, 0.5) is 13.2 Å². The van der Waals surface area contributed by atoms with Crippen LogP contribution in [0.25, 0.3) is 0 Å². The lowest BCUT2D eigenvalue weighted by Crippen LogP contribution is -2.25. The van der Waals surface area contributed by atoms with Crippen LogP contribution in [0.5, 0.6) is 11.5 Å². The van der Waals surface area contributed by atoms with E-state index < -0.39 is 48.3 Å². The highest BCUT2D eigenvalue weighted by atomic mass is 32.3. The smallest absolute Gasteiger partial charge is 0.416 e. The fraction of sp³-hybridized carbons (Fsp3) is 0.273. The van der Waals surface area contributed by atoms with Crippen molar-refractivity contribution in [2.24, 2.45) is 0 Å². The van der Waals surface area contributed by atoms with Crippen molar-refractivity contribution < 1.29 is 34.7 Å². The van der Waals surface area contributed by atoms with Crippen LogP contribution in [0.2, 0.25) is 0 Å². The van der Waals surface area contributed by atoms with E-state index in [1.54, 1.807) is 78.9 Å². The molecule has 0 N–H and O–H groups in total. The minimum Gasteiger partial charge on any atom is -0.488 e. The number of alkyl halides is 3. The van der Waals surface area contributed by atoms with Gasteiger partial charge in [0.2, 0.25) is 0 Å². The van der Waals surface area contributed by atoms with Crippen LogP contribution in [-0.4, -0.2) is 19.6 Å². The molecule has 0 aliphatic heterocycles. The van der Waals surface area contributed by atoms with E-state index in [1.165, 1.54) is 0 Å². The number of halogens is 3. The Bertz CT molecular complexity index is 1570. The van der Waals surface area contributed by atoms with Gasteiger partial charge in [0.25, 0.3) is 0 Å². The maximum Gasteiger partial charge on any atom is 0.416 e. The van der Waals surface area contributed by atoms with Crippen LogP contribution in [-0.2, 0) is 19.9 Å². The average Bonchev–Trinajstić information content (AvgIpc) is 2.90. The Labute approximate surface area is 253 Å². The van der Waals surface area contributed by atoms with E-state index in [2.05, 4.69) is 0 Å². The molecule has 0 fully saturated rings. The van der Waals surface area contributed by atoms with Crippen LogP contribution in [0.15, 0.2) is 123 Å². The first-order valence-electron chi connectivity index (χ1n) is 13.5. The van der Waals surface area contributed by atoms with Crippen LogP contribution in [0, 0.1) is 0 Å². The first-order chi connectivity index (χ1) is 19.9. The van der Waals surface area contributed by atoms with Crippen molar-refractivity contribution in [3.8, 4) is 11.5 Å². The van der Waals surface area contributed by atoms with Gasteiger partial charge in [-0.25, -0.2) is 3.63 Å². The fourth-order valence-corrected chi connectivity index (χ4v) is 9.53. The molecule has 0 spiro atoms. The Morgan fingerprint density at radius 1 is 0.535 bits per heavy atom. The molecule has 0 aliphatic carbocycles. The van der Waals surface area contributed by atoms with Gasteiger partial charge in [-0.3, -0.25) is 0 Å². The summed E-state index contributed by atoms with van der Waals surface area (Å²) in [6.45, 7) is 11.4. The highest BCUT2D eigenvalue weighted by Gasteiger charge is 2.40. The van der Waals surface area contributed by atoms with Crippen LogP contribution < -0.4 is 9.47 Å². The van der Waals surface area contributed by atoms with Crippen molar-refractivity contribution >= 4 is 20.4 Å². The summed E-state index contributed by atoms with van der Waals surface area (Å²) in [4.78, 5) is 1.15. The first-order valence-corrected chi connectivity index (χ1v) is 16.5. The van der Waals surface area contributed by atoms with E-state index in [4.69, 9.17) is 13.1 Å². The Morgan fingerprint density at radius 2 is 0.953 bits per heavy atom. The van der Waals surface area contributed by atoms with E-state index >= 15 is 0 Å². The summed E-state index contributed by atoms with van der Waals surface area (Å²) in [5.41, 5.74) is -2.16. The first kappa shape index (κ1) is 32.4. The normalized spacial score (nSPS) is 13.4. The highest BCUT2D eigenvalue weighted by molar-refractivity contribution is 8.33. The molecule has 0 heterocycles. The predicted molar refractivity (Wildman–Crippen MR) is 162 cm³/mol. The third kappa shape index (κ3) is 7.93. The third-order valence-corrected chi connectivity index (χ3v) is 11.0. The van der Waals surface area contributed by atoms with Gasteiger partial charge in [0, 0.05) is 20.8 Å². The van der Waals surface area contributed by atoms with Gasteiger partial charge in [-0.2, -0.15) is 21.6 Å². The molecule has 0 bridgehead atoms. The monoisotopic (exact) mass is 632 g/mol. The molecule has 0 amide bonds. The zero-order valence-corrected chi connectivity index (χ0v) is 26.4. The second-order valence-electron chi connectivity index (χ2n) is 11.8. The number of benzene rings is 4. The van der Waals surface area contributed by atoms with Gasteiger partial charge in [0.1, 0.15) is 22.7 Å². The Balaban J connectivity index is 2.03. The Hall–Kier alpha value is -3.47. The minimum absolute atomic E-state index is 0.405. The zero-order valence-electron chi connectivity index (χ0n) is 24.8. The predicted octanol–water partition coefficient (Wildman–Crippen LogP) is 9.66. The Kier molecular flexibility index (Phi) is 8.98. The second-order valence-corrected chi connectivity index (χ2v) is 16.2. The number of ether oxygens (including phenoxy) is 2. The summed E-state index contributed by atoms with van der Waals surface area (Å²) in [5.74, 6) is 0.868. The summed E-state index contributed by atoms with van der Waals surface area (Å²) in [5, 5.41) is 0. The summed E-state index contributed by atoms with van der Waals surface area (Å²) in [7, 11) is -7.74. The molecule has 5 nitrogen and oxygen atoms in total. The van der Waals surface area contributed by atoms with Crippen LogP contribution in [0.3, 0.4) is 0 Å². The van der Waals surface area contributed by atoms with Gasteiger partial charge >= 0.3 is 16.3 Å². The molecule has 0 saturated heterocycles. The van der Waals surface area contributed by atoms with E-state index in [0.29, 0.717) is 26.2 Å². The van der Waals surface area contributed by atoms with E-state index in [1.807, 2.05) is 41.5 Å². The van der Waals surface area contributed by atoms with Crippen LogP contribution in [0.1, 0.15) is 47.1 Å². The van der Waals surface area contributed by atoms with Gasteiger partial charge in [0.15, 0.2) is 0 Å². The largest absolute Gasteiger partial charge is 0.488 e. The molecule has 0 aliphatic rings. The van der Waals surface area contributed by atoms with E-state index in [-0.39, 0.29) is 0 Å². The summed E-state index contributed by atoms with van der Waals surface area (Å²) < 4.78 is 86.6. The van der Waals surface area contributed by atoms with Gasteiger partial charge in [-0.1, -0.05) is 36.4 Å². The molecule has 0 unspecified atom stereocenters. The Morgan fingerprint density at radius 3 is 1.33 bits per heavy atom. The van der Waals surface area contributed by atoms with Crippen molar-refractivity contribution in [3.05, 3.63) is 109 Å². The lowest BCUT2D eigenvalue weighted by Gasteiger charge is -2.40. The van der Waals surface area contributed by atoms with Gasteiger partial charge in [-0.15, -0.1) is 0 Å². The summed E-state index contributed by atoms with van der Waals surface area (Å²) in [6, 6.07) is 26.3. The molecule has 230 valence electrons. The zero-order chi connectivity index (χ0) is 31.7. The van der Waals surface area contributed by atoms with Crippen LogP contribution >= 0.6 is 10.3 Å². The topological polar surface area (TPSA) is 61.8 Å². The number of hydrogen-bond acceptors (Lipinski definition) is 5. The fourth-order valence-electron chi connectivity index (χ4n) is 4.27.